The van der Waals surface area contributed by atoms with Crippen LogP contribution in [0.25, 0.3) is 0 Å². The Hall–Kier alpha value is -0.950. The van der Waals surface area contributed by atoms with E-state index in [9.17, 15) is 30.7 Å². The topological polar surface area (TPSA) is 3.24 Å². The Morgan fingerprint density at radius 2 is 1.31 bits per heavy atom. The van der Waals surface area contributed by atoms with Gasteiger partial charge in [-0.05, 0) is 13.0 Å². The normalized spacial score (nSPS) is 14.6. The standard InChI is InChI=1S/C5H4F7N/c1-2-3(6)13(4(7,8)9)5(10,11)12/h2H,1H3/b3-2+. The predicted molar refractivity (Wildman–Crippen MR) is 28.8 cm³/mol. The number of nitrogens with zero attached hydrogens (tertiary/aromatic N) is 1. The van der Waals surface area contributed by atoms with Gasteiger partial charge in [-0.3, -0.25) is 0 Å². The molecule has 0 aliphatic rings. The minimum Gasteiger partial charge on any atom is -0.187 e. The molecule has 0 aromatic heterocycles. The van der Waals surface area contributed by atoms with Gasteiger partial charge in [0.2, 0.25) is 0 Å². The highest BCUT2D eigenvalue weighted by molar-refractivity contribution is 4.91. The Morgan fingerprint density at radius 1 is 1.00 bits per heavy atom. The van der Waals surface area contributed by atoms with Gasteiger partial charge in [0.15, 0.2) is 5.95 Å². The lowest BCUT2D eigenvalue weighted by molar-refractivity contribution is -0.364. The van der Waals surface area contributed by atoms with E-state index in [1.54, 1.807) is 0 Å². The molecule has 0 aliphatic carbocycles. The van der Waals surface area contributed by atoms with Gasteiger partial charge in [0.25, 0.3) is 0 Å². The fourth-order valence-corrected chi connectivity index (χ4v) is 0.515. The van der Waals surface area contributed by atoms with E-state index in [2.05, 4.69) is 0 Å². The summed E-state index contributed by atoms with van der Waals surface area (Å²) in [6, 6.07) is 0. The summed E-state index contributed by atoms with van der Waals surface area (Å²) in [6.07, 6.45) is -11.6. The van der Waals surface area contributed by atoms with Crippen molar-refractivity contribution in [1.82, 2.24) is 4.90 Å². The average molecular weight is 211 g/mol. The molecule has 0 rings (SSSR count). The molecule has 0 aromatic rings. The van der Waals surface area contributed by atoms with Crippen LogP contribution in [0.3, 0.4) is 0 Å². The fourth-order valence-electron chi connectivity index (χ4n) is 0.515. The van der Waals surface area contributed by atoms with Crippen LogP contribution in [0.5, 0.6) is 0 Å². The molecule has 78 valence electrons. The Morgan fingerprint density at radius 3 is 1.38 bits per heavy atom. The molecule has 0 radical (unpaired) electrons. The van der Waals surface area contributed by atoms with Gasteiger partial charge >= 0.3 is 12.6 Å². The zero-order chi connectivity index (χ0) is 10.9. The summed E-state index contributed by atoms with van der Waals surface area (Å²) in [6.45, 7) is 0.722. The number of hydrogen-bond acceptors (Lipinski definition) is 1. The minimum atomic E-state index is -5.81. The molecule has 0 atom stereocenters. The molecular formula is C5H4F7N. The zero-order valence-electron chi connectivity index (χ0n) is 6.17. The van der Waals surface area contributed by atoms with E-state index < -0.39 is 23.5 Å². The number of alkyl halides is 6. The number of rotatable bonds is 1. The molecule has 13 heavy (non-hydrogen) atoms. The molecule has 1 nitrogen and oxygen atoms in total. The number of hydrogen-bond donors (Lipinski definition) is 0. The highest BCUT2D eigenvalue weighted by atomic mass is 19.4. The van der Waals surface area contributed by atoms with Crippen molar-refractivity contribution >= 4 is 0 Å². The van der Waals surface area contributed by atoms with Gasteiger partial charge in [-0.2, -0.15) is 9.29 Å². The van der Waals surface area contributed by atoms with E-state index >= 15 is 0 Å². The van der Waals surface area contributed by atoms with Crippen LogP contribution in [0.15, 0.2) is 12.0 Å². The van der Waals surface area contributed by atoms with Crippen molar-refractivity contribution in [2.24, 2.45) is 0 Å². The zero-order valence-corrected chi connectivity index (χ0v) is 6.17. The van der Waals surface area contributed by atoms with Gasteiger partial charge in [0, 0.05) is 0 Å². The third-order valence-corrected chi connectivity index (χ3v) is 0.959. The number of halogens is 7. The Balaban J connectivity index is 5.01. The smallest absolute Gasteiger partial charge is 0.187 e. The van der Waals surface area contributed by atoms with Crippen LogP contribution in [0, 0.1) is 0 Å². The highest BCUT2D eigenvalue weighted by Crippen LogP contribution is 2.37. The minimum absolute atomic E-state index is 0.0704. The van der Waals surface area contributed by atoms with Crippen molar-refractivity contribution < 1.29 is 30.7 Å². The van der Waals surface area contributed by atoms with Gasteiger partial charge in [0.05, 0.1) is 0 Å². The van der Waals surface area contributed by atoms with Crippen molar-refractivity contribution in [3.05, 3.63) is 12.0 Å². The maximum Gasteiger partial charge on any atom is 0.493 e. The molecule has 0 heterocycles. The predicted octanol–water partition coefficient (Wildman–Crippen LogP) is 3.16. The molecule has 0 amide bonds. The van der Waals surface area contributed by atoms with Crippen molar-refractivity contribution in [3.8, 4) is 0 Å². The lowest BCUT2D eigenvalue weighted by Crippen LogP contribution is -2.46. The maximum absolute atomic E-state index is 12.1. The summed E-state index contributed by atoms with van der Waals surface area (Å²) in [4.78, 5) is -2.21. The lowest BCUT2D eigenvalue weighted by atomic mass is 10.6. The van der Waals surface area contributed by atoms with Crippen LogP contribution in [0.2, 0.25) is 0 Å². The van der Waals surface area contributed by atoms with Crippen molar-refractivity contribution in [3.63, 3.8) is 0 Å². The molecule has 0 saturated carbocycles. The summed E-state index contributed by atoms with van der Waals surface area (Å²) in [5.74, 6) is -2.40. The molecule has 0 aliphatic heterocycles. The Labute approximate surface area is 68.4 Å². The van der Waals surface area contributed by atoms with E-state index in [1.165, 1.54) is 0 Å². The first-order valence-electron chi connectivity index (χ1n) is 2.86. The van der Waals surface area contributed by atoms with Gasteiger partial charge in [-0.25, -0.2) is 0 Å². The van der Waals surface area contributed by atoms with E-state index in [1.807, 2.05) is 0 Å². The lowest BCUT2D eigenvalue weighted by Gasteiger charge is -2.26. The van der Waals surface area contributed by atoms with Crippen LogP contribution in [0.4, 0.5) is 30.7 Å². The van der Waals surface area contributed by atoms with E-state index in [0.29, 0.717) is 0 Å². The SMILES string of the molecule is C/C=C(\F)N(C(F)(F)F)C(F)(F)F. The molecule has 8 heteroatoms. The summed E-state index contributed by atoms with van der Waals surface area (Å²) in [5.41, 5.74) is 0. The fraction of sp³-hybridized carbons (Fsp3) is 0.600. The Kier molecular flexibility index (Phi) is 3.18. The largest absolute Gasteiger partial charge is 0.493 e. The van der Waals surface area contributed by atoms with E-state index in [0.717, 1.165) is 6.92 Å². The van der Waals surface area contributed by atoms with E-state index in [4.69, 9.17) is 0 Å². The molecular weight excluding hydrogens is 207 g/mol. The first kappa shape index (κ1) is 12.0. The molecule has 0 unspecified atom stereocenters. The molecule has 0 saturated heterocycles. The molecule has 0 N–H and O–H groups in total. The quantitative estimate of drug-likeness (QED) is 0.475. The molecule has 0 aromatic carbocycles. The molecule has 0 bridgehead atoms. The maximum atomic E-state index is 12.1. The molecule has 0 spiro atoms. The van der Waals surface area contributed by atoms with Crippen LogP contribution >= 0.6 is 0 Å². The third-order valence-electron chi connectivity index (χ3n) is 0.959. The molecule has 0 fully saturated rings. The second-order valence-electron chi connectivity index (χ2n) is 1.88. The van der Waals surface area contributed by atoms with Crippen molar-refractivity contribution in [1.29, 1.82) is 0 Å². The van der Waals surface area contributed by atoms with Crippen LogP contribution in [-0.2, 0) is 0 Å². The van der Waals surface area contributed by atoms with Gasteiger partial charge < -0.3 is 0 Å². The summed E-state index contributed by atoms with van der Waals surface area (Å²) >= 11 is 0. The first-order valence-corrected chi connectivity index (χ1v) is 2.86. The van der Waals surface area contributed by atoms with Crippen LogP contribution < -0.4 is 0 Å². The third kappa shape index (κ3) is 3.11. The van der Waals surface area contributed by atoms with Crippen molar-refractivity contribution in [2.45, 2.75) is 19.5 Å². The van der Waals surface area contributed by atoms with E-state index in [-0.39, 0.29) is 6.08 Å². The van der Waals surface area contributed by atoms with Gasteiger partial charge in [-0.15, -0.1) is 26.3 Å². The van der Waals surface area contributed by atoms with Crippen molar-refractivity contribution in [2.75, 3.05) is 0 Å². The summed E-state index contributed by atoms with van der Waals surface area (Å²) in [5, 5.41) is 0. The first-order chi connectivity index (χ1) is 5.60. The van der Waals surface area contributed by atoms with Gasteiger partial charge in [0.1, 0.15) is 0 Å². The van der Waals surface area contributed by atoms with Gasteiger partial charge in [-0.1, -0.05) is 0 Å². The van der Waals surface area contributed by atoms with Crippen LogP contribution in [0.1, 0.15) is 6.92 Å². The monoisotopic (exact) mass is 211 g/mol. The second-order valence-corrected chi connectivity index (χ2v) is 1.88. The summed E-state index contributed by atoms with van der Waals surface area (Å²) < 4.78 is 81.6. The Bertz CT molecular complexity index is 186. The second kappa shape index (κ2) is 3.43. The number of allylic oxidation sites excluding steroid dienone is 1. The average Bonchev–Trinajstić information content (AvgIpc) is 1.80. The highest BCUT2D eigenvalue weighted by Gasteiger charge is 2.55. The van der Waals surface area contributed by atoms with Crippen LogP contribution in [-0.4, -0.2) is 17.5 Å². The summed E-state index contributed by atoms with van der Waals surface area (Å²) in [7, 11) is 0.